The number of benzene rings is 1. The summed E-state index contributed by atoms with van der Waals surface area (Å²) in [7, 11) is 1.50. The molecular weight excluding hydrogens is 269 g/mol. The van der Waals surface area contributed by atoms with Gasteiger partial charge in [-0.15, -0.1) is 0 Å². The van der Waals surface area contributed by atoms with Gasteiger partial charge < -0.3 is 10.1 Å². The minimum absolute atomic E-state index is 0.243. The van der Waals surface area contributed by atoms with Crippen LogP contribution in [0.4, 0.5) is 18.9 Å². The van der Waals surface area contributed by atoms with Gasteiger partial charge in [-0.3, -0.25) is 0 Å². The zero-order chi connectivity index (χ0) is 14.6. The van der Waals surface area contributed by atoms with Crippen LogP contribution in [0.2, 0.25) is 0 Å². The average molecular weight is 284 g/mol. The van der Waals surface area contributed by atoms with Crippen molar-refractivity contribution in [1.82, 2.24) is 5.32 Å². The van der Waals surface area contributed by atoms with Crippen molar-refractivity contribution in [3.05, 3.63) is 36.0 Å². The molecule has 0 unspecified atom stereocenters. The van der Waals surface area contributed by atoms with Gasteiger partial charge in [0, 0.05) is 12.2 Å². The number of alkyl halides is 3. The summed E-state index contributed by atoms with van der Waals surface area (Å²) in [5, 5.41) is 2.92. The summed E-state index contributed by atoms with van der Waals surface area (Å²) in [4.78, 5) is 3.69. The van der Waals surface area contributed by atoms with Gasteiger partial charge >= 0.3 is 6.18 Å². The Labute approximate surface area is 115 Å². The van der Waals surface area contributed by atoms with E-state index < -0.39 is 11.9 Å². The normalized spacial score (nSPS) is 18.2. The largest absolute Gasteiger partial charge is 0.497 e. The smallest absolute Gasteiger partial charge is 0.433 e. The number of nitrogens with zero attached hydrogens (tertiary/aromatic N) is 1. The van der Waals surface area contributed by atoms with E-state index in [0.29, 0.717) is 24.4 Å². The maximum atomic E-state index is 13.0. The highest BCUT2D eigenvalue weighted by Gasteiger charge is 2.34. The molecule has 1 N–H and O–H groups in total. The highest BCUT2D eigenvalue weighted by atomic mass is 19.4. The third-order valence-corrected chi connectivity index (χ3v) is 2.90. The standard InChI is InChI=1S/C14H15F3N2O/c1-20-12-6-4-10(5-7-12)19-13(14(15,16)17)9-11-3-2-8-18-11/h4-7,9,18H,2-3,8H2,1H3/b11-9+,19-13?. The number of methoxy groups -OCH3 is 1. The highest BCUT2D eigenvalue weighted by molar-refractivity contribution is 6.01. The molecule has 2 rings (SSSR count). The fourth-order valence-corrected chi connectivity index (χ4v) is 1.88. The van der Waals surface area contributed by atoms with Crippen molar-refractivity contribution in [3.63, 3.8) is 0 Å². The maximum Gasteiger partial charge on any atom is 0.433 e. The lowest BCUT2D eigenvalue weighted by molar-refractivity contribution is -0.0576. The fourth-order valence-electron chi connectivity index (χ4n) is 1.88. The second kappa shape index (κ2) is 5.98. The lowest BCUT2D eigenvalue weighted by Crippen LogP contribution is -2.22. The Hall–Kier alpha value is -1.98. The van der Waals surface area contributed by atoms with E-state index in [-0.39, 0.29) is 5.69 Å². The summed E-state index contributed by atoms with van der Waals surface area (Å²) < 4.78 is 43.9. The molecule has 0 radical (unpaired) electrons. The molecule has 0 bridgehead atoms. The van der Waals surface area contributed by atoms with Crippen molar-refractivity contribution in [1.29, 1.82) is 0 Å². The zero-order valence-electron chi connectivity index (χ0n) is 11.0. The zero-order valence-corrected chi connectivity index (χ0v) is 11.0. The molecule has 1 fully saturated rings. The summed E-state index contributed by atoms with van der Waals surface area (Å²) in [5.74, 6) is 0.577. The molecule has 0 saturated carbocycles. The first-order valence-corrected chi connectivity index (χ1v) is 6.23. The van der Waals surface area contributed by atoms with E-state index in [2.05, 4.69) is 10.3 Å². The minimum Gasteiger partial charge on any atom is -0.497 e. The van der Waals surface area contributed by atoms with E-state index in [0.717, 1.165) is 12.5 Å². The van der Waals surface area contributed by atoms with Crippen molar-refractivity contribution < 1.29 is 17.9 Å². The molecule has 20 heavy (non-hydrogen) atoms. The lowest BCUT2D eigenvalue weighted by atomic mass is 10.2. The van der Waals surface area contributed by atoms with Gasteiger partial charge in [0.1, 0.15) is 11.5 Å². The number of hydrogen-bond donors (Lipinski definition) is 1. The Bertz CT molecular complexity index is 510. The van der Waals surface area contributed by atoms with Crippen molar-refractivity contribution in [2.45, 2.75) is 19.0 Å². The number of ether oxygens (including phenoxy) is 1. The maximum absolute atomic E-state index is 13.0. The molecule has 1 aromatic carbocycles. The van der Waals surface area contributed by atoms with Crippen molar-refractivity contribution in [2.24, 2.45) is 4.99 Å². The molecule has 0 spiro atoms. The Morgan fingerprint density at radius 1 is 1.30 bits per heavy atom. The molecule has 6 heteroatoms. The Balaban J connectivity index is 2.29. The van der Waals surface area contributed by atoms with Gasteiger partial charge in [0.15, 0.2) is 0 Å². The quantitative estimate of drug-likeness (QED) is 0.860. The number of hydrogen-bond acceptors (Lipinski definition) is 3. The molecular formula is C14H15F3N2O. The second-order valence-corrected chi connectivity index (χ2v) is 4.39. The summed E-state index contributed by atoms with van der Waals surface area (Å²) in [6.07, 6.45) is -1.92. The van der Waals surface area contributed by atoms with Gasteiger partial charge in [-0.25, -0.2) is 4.99 Å². The van der Waals surface area contributed by atoms with Crippen LogP contribution in [-0.4, -0.2) is 25.5 Å². The van der Waals surface area contributed by atoms with Crippen LogP contribution in [0.1, 0.15) is 12.8 Å². The average Bonchev–Trinajstić information content (AvgIpc) is 2.91. The summed E-state index contributed by atoms with van der Waals surface area (Å²) in [6.45, 7) is 0.708. The fraction of sp³-hybridized carbons (Fsp3) is 0.357. The van der Waals surface area contributed by atoms with Crippen molar-refractivity contribution in [3.8, 4) is 5.75 Å². The summed E-state index contributed by atoms with van der Waals surface area (Å²) in [6, 6.07) is 6.14. The molecule has 0 aliphatic carbocycles. The van der Waals surface area contributed by atoms with Gasteiger partial charge in [-0.05, 0) is 43.2 Å². The Morgan fingerprint density at radius 3 is 2.50 bits per heavy atom. The van der Waals surface area contributed by atoms with Crippen molar-refractivity contribution in [2.75, 3.05) is 13.7 Å². The van der Waals surface area contributed by atoms with E-state index in [9.17, 15) is 13.2 Å². The first-order valence-electron chi connectivity index (χ1n) is 6.23. The number of allylic oxidation sites excluding steroid dienone is 2. The van der Waals surface area contributed by atoms with Crippen LogP contribution >= 0.6 is 0 Å². The molecule has 0 atom stereocenters. The molecule has 108 valence electrons. The van der Waals surface area contributed by atoms with Gasteiger partial charge in [0.25, 0.3) is 0 Å². The molecule has 1 aromatic rings. The predicted molar refractivity (Wildman–Crippen MR) is 71.5 cm³/mol. The monoisotopic (exact) mass is 284 g/mol. The lowest BCUT2D eigenvalue weighted by Gasteiger charge is -2.08. The molecule has 1 aliphatic rings. The van der Waals surface area contributed by atoms with Crippen LogP contribution in [0.25, 0.3) is 0 Å². The summed E-state index contributed by atoms with van der Waals surface area (Å²) >= 11 is 0. The minimum atomic E-state index is -4.48. The Kier molecular flexibility index (Phi) is 4.32. The van der Waals surface area contributed by atoms with E-state index in [1.165, 1.54) is 19.2 Å². The van der Waals surface area contributed by atoms with Gasteiger partial charge in [-0.1, -0.05) is 0 Å². The van der Waals surface area contributed by atoms with Crippen LogP contribution in [-0.2, 0) is 0 Å². The number of halogens is 3. The van der Waals surface area contributed by atoms with E-state index in [1.54, 1.807) is 12.1 Å². The Morgan fingerprint density at radius 2 is 2.00 bits per heavy atom. The number of aliphatic imine (C=N–C) groups is 1. The third-order valence-electron chi connectivity index (χ3n) is 2.90. The van der Waals surface area contributed by atoms with Crippen molar-refractivity contribution >= 4 is 11.4 Å². The van der Waals surface area contributed by atoms with E-state index in [1.807, 2.05) is 0 Å². The highest BCUT2D eigenvalue weighted by Crippen LogP contribution is 2.25. The van der Waals surface area contributed by atoms with Crippen LogP contribution in [0.3, 0.4) is 0 Å². The molecule has 1 heterocycles. The summed E-state index contributed by atoms with van der Waals surface area (Å²) in [5.41, 5.74) is -0.0744. The van der Waals surface area contributed by atoms with Crippen LogP contribution < -0.4 is 10.1 Å². The van der Waals surface area contributed by atoms with Gasteiger partial charge in [0.05, 0.1) is 12.8 Å². The molecule has 3 nitrogen and oxygen atoms in total. The molecule has 0 amide bonds. The topological polar surface area (TPSA) is 33.6 Å². The first kappa shape index (κ1) is 14.4. The third kappa shape index (κ3) is 3.76. The number of rotatable bonds is 3. The van der Waals surface area contributed by atoms with Crippen LogP contribution in [0, 0.1) is 0 Å². The van der Waals surface area contributed by atoms with Gasteiger partial charge in [-0.2, -0.15) is 13.2 Å². The molecule has 1 saturated heterocycles. The molecule has 1 aliphatic heterocycles. The number of nitrogens with one attached hydrogen (secondary N) is 1. The second-order valence-electron chi connectivity index (χ2n) is 4.39. The van der Waals surface area contributed by atoms with Gasteiger partial charge in [0.2, 0.25) is 0 Å². The predicted octanol–water partition coefficient (Wildman–Crippen LogP) is 3.60. The first-order chi connectivity index (χ1) is 9.49. The molecule has 0 aromatic heterocycles. The van der Waals surface area contributed by atoms with E-state index >= 15 is 0 Å². The van der Waals surface area contributed by atoms with Crippen LogP contribution in [0.15, 0.2) is 41.0 Å². The van der Waals surface area contributed by atoms with E-state index in [4.69, 9.17) is 4.74 Å². The van der Waals surface area contributed by atoms with Crippen LogP contribution in [0.5, 0.6) is 5.75 Å². The SMILES string of the molecule is COc1ccc(N=C(/C=C2\CCCN2)C(F)(F)F)cc1.